The molecule has 128 valence electrons. The van der Waals surface area contributed by atoms with Crippen LogP contribution in [0.5, 0.6) is 11.5 Å². The molecule has 2 aromatic rings. The van der Waals surface area contributed by atoms with E-state index in [2.05, 4.69) is 5.32 Å². The summed E-state index contributed by atoms with van der Waals surface area (Å²) in [7, 11) is -0.197. The van der Waals surface area contributed by atoms with Gasteiger partial charge in [0.2, 0.25) is 0 Å². The van der Waals surface area contributed by atoms with Crippen molar-refractivity contribution in [1.82, 2.24) is 5.32 Å². The van der Waals surface area contributed by atoms with Crippen molar-refractivity contribution in [3.05, 3.63) is 53.6 Å². The molecule has 0 atom stereocenters. The Morgan fingerprint density at radius 2 is 1.54 bits per heavy atom. The molecule has 0 aliphatic rings. The maximum atomic E-state index is 12.3. The molecule has 1 amide bonds. The van der Waals surface area contributed by atoms with Crippen LogP contribution in [0.1, 0.15) is 15.9 Å². The molecule has 0 spiro atoms. The number of carbonyl (C=O) groups is 1. The Labute approximate surface area is 141 Å². The van der Waals surface area contributed by atoms with Gasteiger partial charge in [-0.1, -0.05) is 12.1 Å². The van der Waals surface area contributed by atoms with E-state index in [-0.39, 0.29) is 17.3 Å². The number of nitrogens with one attached hydrogen (secondary N) is 1. The smallest absolute Gasteiger partial charge is 0.251 e. The normalized spacial score (nSPS) is 11.0. The highest BCUT2D eigenvalue weighted by Gasteiger charge is 2.10. The number of hydrogen-bond acceptors (Lipinski definition) is 5. The lowest BCUT2D eigenvalue weighted by Crippen LogP contribution is -2.22. The summed E-state index contributed by atoms with van der Waals surface area (Å²) >= 11 is 0. The molecule has 7 heteroatoms. The van der Waals surface area contributed by atoms with Gasteiger partial charge in [0.15, 0.2) is 9.84 Å². The largest absolute Gasteiger partial charge is 0.497 e. The molecule has 0 saturated heterocycles. The van der Waals surface area contributed by atoms with E-state index in [4.69, 9.17) is 9.47 Å². The van der Waals surface area contributed by atoms with Crippen molar-refractivity contribution in [1.29, 1.82) is 0 Å². The zero-order chi connectivity index (χ0) is 17.7. The lowest BCUT2D eigenvalue weighted by atomic mass is 10.1. The number of sulfone groups is 1. The molecule has 0 aliphatic carbocycles. The molecule has 0 aliphatic heterocycles. The van der Waals surface area contributed by atoms with Crippen molar-refractivity contribution in [3.8, 4) is 11.5 Å². The lowest BCUT2D eigenvalue weighted by molar-refractivity contribution is 0.0950. The Morgan fingerprint density at radius 3 is 2.00 bits per heavy atom. The topological polar surface area (TPSA) is 81.7 Å². The molecule has 6 nitrogen and oxygen atoms in total. The maximum absolute atomic E-state index is 12.3. The van der Waals surface area contributed by atoms with Gasteiger partial charge in [0.05, 0.1) is 19.1 Å². The number of benzene rings is 2. The standard InChI is InChI=1S/C17H19NO5S/c1-22-14-8-13(9-15(10-14)23-2)17(19)18-11-12-4-6-16(7-5-12)24(3,20)21/h4-10H,11H2,1-3H3,(H,18,19). The van der Waals surface area contributed by atoms with Gasteiger partial charge >= 0.3 is 0 Å². The van der Waals surface area contributed by atoms with E-state index < -0.39 is 9.84 Å². The van der Waals surface area contributed by atoms with Crippen LogP contribution in [0, 0.1) is 0 Å². The Balaban J connectivity index is 2.08. The predicted octanol–water partition coefficient (Wildman–Crippen LogP) is 2.04. The third-order valence-electron chi connectivity index (χ3n) is 3.42. The van der Waals surface area contributed by atoms with Crippen molar-refractivity contribution in [2.75, 3.05) is 20.5 Å². The van der Waals surface area contributed by atoms with E-state index in [1.165, 1.54) is 26.4 Å². The van der Waals surface area contributed by atoms with Crippen LogP contribution >= 0.6 is 0 Å². The summed E-state index contributed by atoms with van der Waals surface area (Å²) in [6, 6.07) is 11.3. The molecule has 0 fully saturated rings. The van der Waals surface area contributed by atoms with Gasteiger partial charge in [0.25, 0.3) is 5.91 Å². The summed E-state index contributed by atoms with van der Waals surface area (Å²) in [6.07, 6.45) is 1.15. The summed E-state index contributed by atoms with van der Waals surface area (Å²) in [5.41, 5.74) is 1.21. The molecule has 0 aromatic heterocycles. The summed E-state index contributed by atoms with van der Waals surface area (Å²) in [6.45, 7) is 0.280. The van der Waals surface area contributed by atoms with Crippen molar-refractivity contribution in [2.45, 2.75) is 11.4 Å². The highest BCUT2D eigenvalue weighted by atomic mass is 32.2. The first-order valence-electron chi connectivity index (χ1n) is 7.14. The van der Waals surface area contributed by atoms with Crippen LogP contribution in [-0.2, 0) is 16.4 Å². The second-order valence-corrected chi connectivity index (χ2v) is 7.22. The van der Waals surface area contributed by atoms with Crippen molar-refractivity contribution < 1.29 is 22.7 Å². The van der Waals surface area contributed by atoms with E-state index in [0.29, 0.717) is 17.1 Å². The number of hydrogen-bond donors (Lipinski definition) is 1. The molecule has 1 N–H and O–H groups in total. The van der Waals surface area contributed by atoms with E-state index >= 15 is 0 Å². The number of carbonyl (C=O) groups excluding carboxylic acids is 1. The molecule has 2 rings (SSSR count). The first kappa shape index (κ1) is 17.8. The van der Waals surface area contributed by atoms with E-state index in [1.54, 1.807) is 30.3 Å². The number of ether oxygens (including phenoxy) is 2. The fourth-order valence-electron chi connectivity index (χ4n) is 2.08. The molecule has 0 bridgehead atoms. The van der Waals surface area contributed by atoms with Crippen LogP contribution < -0.4 is 14.8 Å². The molecule has 0 heterocycles. The predicted molar refractivity (Wildman–Crippen MR) is 90.3 cm³/mol. The van der Waals surface area contributed by atoms with Crippen LogP contribution in [-0.4, -0.2) is 34.8 Å². The molecule has 24 heavy (non-hydrogen) atoms. The monoisotopic (exact) mass is 349 g/mol. The fraction of sp³-hybridized carbons (Fsp3) is 0.235. The SMILES string of the molecule is COc1cc(OC)cc(C(=O)NCc2ccc(S(C)(=O)=O)cc2)c1. The number of amides is 1. The van der Waals surface area contributed by atoms with Gasteiger partial charge in [-0.05, 0) is 29.8 Å². The van der Waals surface area contributed by atoms with Crippen LogP contribution in [0.25, 0.3) is 0 Å². The minimum Gasteiger partial charge on any atom is -0.497 e. The highest BCUT2D eigenvalue weighted by molar-refractivity contribution is 7.90. The average Bonchev–Trinajstić information content (AvgIpc) is 2.58. The van der Waals surface area contributed by atoms with Crippen molar-refractivity contribution in [2.24, 2.45) is 0 Å². The molecule has 0 unspecified atom stereocenters. The number of rotatable bonds is 6. The van der Waals surface area contributed by atoms with Crippen LogP contribution in [0.2, 0.25) is 0 Å². The third kappa shape index (κ3) is 4.48. The summed E-state index contributed by atoms with van der Waals surface area (Å²) in [5.74, 6) is 0.772. The van der Waals surface area contributed by atoms with Crippen molar-refractivity contribution >= 4 is 15.7 Å². The van der Waals surface area contributed by atoms with E-state index in [9.17, 15) is 13.2 Å². The Hall–Kier alpha value is -2.54. The van der Waals surface area contributed by atoms with Gasteiger partial charge in [-0.25, -0.2) is 8.42 Å². The van der Waals surface area contributed by atoms with E-state index in [0.717, 1.165) is 11.8 Å². The van der Waals surface area contributed by atoms with Crippen molar-refractivity contribution in [3.63, 3.8) is 0 Å². The van der Waals surface area contributed by atoms with Gasteiger partial charge in [-0.3, -0.25) is 4.79 Å². The van der Waals surface area contributed by atoms with E-state index in [1.807, 2.05) is 0 Å². The number of methoxy groups -OCH3 is 2. The zero-order valence-corrected chi connectivity index (χ0v) is 14.5. The average molecular weight is 349 g/mol. The van der Waals surface area contributed by atoms with Crippen LogP contribution in [0.4, 0.5) is 0 Å². The molecular weight excluding hydrogens is 330 g/mol. The highest BCUT2D eigenvalue weighted by Crippen LogP contribution is 2.22. The van der Waals surface area contributed by atoms with Crippen LogP contribution in [0.3, 0.4) is 0 Å². The quantitative estimate of drug-likeness (QED) is 0.863. The maximum Gasteiger partial charge on any atom is 0.251 e. The lowest BCUT2D eigenvalue weighted by Gasteiger charge is -2.09. The first-order chi connectivity index (χ1) is 11.3. The molecule has 0 saturated carbocycles. The second kappa shape index (κ2) is 7.35. The summed E-state index contributed by atoms with van der Waals surface area (Å²) in [5, 5.41) is 2.78. The first-order valence-corrected chi connectivity index (χ1v) is 9.03. The second-order valence-electron chi connectivity index (χ2n) is 5.20. The van der Waals surface area contributed by atoms with Gasteiger partial charge in [0.1, 0.15) is 11.5 Å². The minimum atomic E-state index is -3.22. The summed E-state index contributed by atoms with van der Waals surface area (Å²) in [4.78, 5) is 12.5. The molecular formula is C17H19NO5S. The van der Waals surface area contributed by atoms with Gasteiger partial charge in [-0.15, -0.1) is 0 Å². The van der Waals surface area contributed by atoms with Crippen LogP contribution in [0.15, 0.2) is 47.4 Å². The Bertz CT molecular complexity index is 806. The minimum absolute atomic E-state index is 0.245. The third-order valence-corrected chi connectivity index (χ3v) is 4.55. The Kier molecular flexibility index (Phi) is 5.46. The van der Waals surface area contributed by atoms with Gasteiger partial charge < -0.3 is 14.8 Å². The molecule has 2 aromatic carbocycles. The molecule has 0 radical (unpaired) electrons. The zero-order valence-electron chi connectivity index (χ0n) is 13.7. The van der Waals surface area contributed by atoms with Gasteiger partial charge in [-0.2, -0.15) is 0 Å². The summed E-state index contributed by atoms with van der Waals surface area (Å²) < 4.78 is 33.1. The fourth-order valence-corrected chi connectivity index (χ4v) is 2.71. The van der Waals surface area contributed by atoms with Gasteiger partial charge in [0, 0.05) is 24.4 Å². The Morgan fingerprint density at radius 1 is 1.00 bits per heavy atom.